The predicted molar refractivity (Wildman–Crippen MR) is 75.5 cm³/mol. The maximum absolute atomic E-state index is 5.71. The SMILES string of the molecule is CCOC([SiH3])(CCNc1ccccc1)OCC. The topological polar surface area (TPSA) is 30.5 Å². The molecule has 1 N–H and O–H groups in total. The van der Waals surface area contributed by atoms with E-state index in [1.165, 1.54) is 0 Å². The Hall–Kier alpha value is -0.843. The summed E-state index contributed by atoms with van der Waals surface area (Å²) in [6.45, 7) is 6.30. The molecule has 0 fully saturated rings. The van der Waals surface area contributed by atoms with Gasteiger partial charge >= 0.3 is 0 Å². The Kier molecular flexibility index (Phi) is 6.25. The zero-order valence-electron chi connectivity index (χ0n) is 11.0. The van der Waals surface area contributed by atoms with E-state index in [1.807, 2.05) is 32.0 Å². The minimum atomic E-state index is -0.342. The molecule has 0 saturated heterocycles. The first-order valence-corrected chi connectivity index (χ1v) is 7.27. The second-order valence-electron chi connectivity index (χ2n) is 4.04. The van der Waals surface area contributed by atoms with Gasteiger partial charge in [0.2, 0.25) is 0 Å². The summed E-state index contributed by atoms with van der Waals surface area (Å²) >= 11 is 0. The van der Waals surface area contributed by atoms with E-state index in [-0.39, 0.29) is 5.41 Å². The van der Waals surface area contributed by atoms with Crippen LogP contribution < -0.4 is 5.32 Å². The first kappa shape index (κ1) is 14.2. The number of ether oxygens (including phenoxy) is 2. The van der Waals surface area contributed by atoms with Crippen molar-refractivity contribution in [2.75, 3.05) is 25.1 Å². The molecule has 0 aliphatic rings. The second-order valence-corrected chi connectivity index (χ2v) is 5.57. The lowest BCUT2D eigenvalue weighted by molar-refractivity contribution is -0.174. The highest BCUT2D eigenvalue weighted by atomic mass is 28.1. The zero-order chi connectivity index (χ0) is 12.6. The van der Waals surface area contributed by atoms with Crippen LogP contribution in [-0.2, 0) is 9.47 Å². The van der Waals surface area contributed by atoms with Crippen LogP contribution in [0.25, 0.3) is 0 Å². The fourth-order valence-corrected chi connectivity index (χ4v) is 2.61. The Morgan fingerprint density at radius 2 is 1.71 bits per heavy atom. The first-order chi connectivity index (χ1) is 8.20. The summed E-state index contributed by atoms with van der Waals surface area (Å²) in [6.07, 6.45) is 0.885. The molecule has 3 nitrogen and oxygen atoms in total. The highest BCUT2D eigenvalue weighted by molar-refractivity contribution is 6.13. The van der Waals surface area contributed by atoms with Crippen molar-refractivity contribution < 1.29 is 9.47 Å². The Bertz CT molecular complexity index is 300. The van der Waals surface area contributed by atoms with E-state index >= 15 is 0 Å². The van der Waals surface area contributed by atoms with Gasteiger partial charge in [-0.2, -0.15) is 0 Å². The zero-order valence-corrected chi connectivity index (χ0v) is 13.0. The van der Waals surface area contributed by atoms with Crippen LogP contribution >= 0.6 is 0 Å². The lowest BCUT2D eigenvalue weighted by Crippen LogP contribution is -2.38. The molecule has 0 heterocycles. The molecule has 4 heteroatoms. The Morgan fingerprint density at radius 1 is 1.12 bits per heavy atom. The fourth-order valence-electron chi connectivity index (χ4n) is 1.79. The molecule has 1 rings (SSSR count). The molecule has 96 valence electrons. The minimum Gasteiger partial charge on any atom is -0.385 e. The van der Waals surface area contributed by atoms with Gasteiger partial charge in [-0.3, -0.25) is 0 Å². The molecule has 0 atom stereocenters. The molecule has 1 aromatic rings. The van der Waals surface area contributed by atoms with E-state index in [2.05, 4.69) is 17.4 Å². The summed E-state index contributed by atoms with van der Waals surface area (Å²) in [7, 11) is 0.880. The maximum Gasteiger partial charge on any atom is 0.143 e. The third-order valence-corrected chi connectivity index (χ3v) is 3.66. The molecule has 0 unspecified atom stereocenters. The number of benzene rings is 1. The van der Waals surface area contributed by atoms with Gasteiger partial charge in [0.05, 0.1) is 10.2 Å². The van der Waals surface area contributed by atoms with Gasteiger partial charge in [0.25, 0.3) is 0 Å². The van der Waals surface area contributed by atoms with Crippen molar-refractivity contribution in [3.63, 3.8) is 0 Å². The van der Waals surface area contributed by atoms with Crippen LogP contribution in [0, 0.1) is 0 Å². The van der Waals surface area contributed by atoms with Crippen LogP contribution in [0.3, 0.4) is 0 Å². The lowest BCUT2D eigenvalue weighted by Gasteiger charge is -2.29. The van der Waals surface area contributed by atoms with Crippen molar-refractivity contribution in [1.82, 2.24) is 0 Å². The van der Waals surface area contributed by atoms with Crippen molar-refractivity contribution in [3.8, 4) is 0 Å². The largest absolute Gasteiger partial charge is 0.385 e. The van der Waals surface area contributed by atoms with Gasteiger partial charge in [-0.25, -0.2) is 0 Å². The molecular weight excluding hydrogens is 230 g/mol. The molecule has 1 aromatic carbocycles. The number of nitrogens with one attached hydrogen (secondary N) is 1. The third kappa shape index (κ3) is 5.34. The van der Waals surface area contributed by atoms with Gasteiger partial charge in [-0.1, -0.05) is 18.2 Å². The molecular formula is C13H23NO2Si. The van der Waals surface area contributed by atoms with E-state index in [4.69, 9.17) is 9.47 Å². The van der Waals surface area contributed by atoms with E-state index in [9.17, 15) is 0 Å². The maximum atomic E-state index is 5.71. The van der Waals surface area contributed by atoms with E-state index in [0.717, 1.165) is 28.9 Å². The Morgan fingerprint density at radius 3 is 2.24 bits per heavy atom. The van der Waals surface area contributed by atoms with E-state index in [1.54, 1.807) is 0 Å². The van der Waals surface area contributed by atoms with Crippen LogP contribution in [0.5, 0.6) is 0 Å². The smallest absolute Gasteiger partial charge is 0.143 e. The second kappa shape index (κ2) is 7.48. The van der Waals surface area contributed by atoms with Crippen molar-refractivity contribution >= 4 is 15.9 Å². The van der Waals surface area contributed by atoms with Crippen molar-refractivity contribution in [2.45, 2.75) is 25.7 Å². The summed E-state index contributed by atoms with van der Waals surface area (Å²) in [5.41, 5.74) is 0.801. The summed E-state index contributed by atoms with van der Waals surface area (Å²) in [6, 6.07) is 10.2. The monoisotopic (exact) mass is 253 g/mol. The quantitative estimate of drug-likeness (QED) is 0.564. The highest BCUT2D eigenvalue weighted by Gasteiger charge is 2.23. The number of para-hydroxylation sites is 1. The number of anilines is 1. The molecule has 0 aliphatic heterocycles. The summed E-state index contributed by atoms with van der Waals surface area (Å²) in [5.74, 6) is 0. The fraction of sp³-hybridized carbons (Fsp3) is 0.538. The lowest BCUT2D eigenvalue weighted by atomic mass is 10.3. The van der Waals surface area contributed by atoms with Gasteiger partial charge < -0.3 is 14.8 Å². The molecule has 17 heavy (non-hydrogen) atoms. The average Bonchev–Trinajstić information content (AvgIpc) is 2.31. The standard InChI is InChI=1S/C13H23NO2Si/c1-3-15-13(17,16-4-2)10-11-14-12-8-6-5-7-9-12/h5-9,14H,3-4,10-11H2,1-2,17H3. The summed E-state index contributed by atoms with van der Waals surface area (Å²) in [4.78, 5) is 0. The molecule has 0 radical (unpaired) electrons. The Balaban J connectivity index is 2.37. The van der Waals surface area contributed by atoms with E-state index in [0.29, 0.717) is 13.2 Å². The average molecular weight is 253 g/mol. The molecule has 0 spiro atoms. The molecule has 0 aromatic heterocycles. The predicted octanol–water partition coefficient (Wildman–Crippen LogP) is 1.58. The summed E-state index contributed by atoms with van der Waals surface area (Å²) in [5, 5.41) is 3.38. The van der Waals surface area contributed by atoms with Crippen LogP contribution in [0.2, 0.25) is 0 Å². The van der Waals surface area contributed by atoms with Crippen molar-refractivity contribution in [3.05, 3.63) is 30.3 Å². The molecule has 0 amide bonds. The molecule has 0 bridgehead atoms. The molecule has 0 aliphatic carbocycles. The summed E-state index contributed by atoms with van der Waals surface area (Å²) < 4.78 is 11.4. The minimum absolute atomic E-state index is 0.342. The van der Waals surface area contributed by atoms with Gasteiger partial charge in [-0.05, 0) is 26.0 Å². The van der Waals surface area contributed by atoms with Crippen molar-refractivity contribution in [2.24, 2.45) is 0 Å². The highest BCUT2D eigenvalue weighted by Crippen LogP contribution is 2.14. The van der Waals surface area contributed by atoms with Crippen LogP contribution in [0.15, 0.2) is 30.3 Å². The Labute approximate surface area is 107 Å². The van der Waals surface area contributed by atoms with Crippen LogP contribution in [-0.4, -0.2) is 35.4 Å². The van der Waals surface area contributed by atoms with Gasteiger partial charge in [0, 0.05) is 31.9 Å². The first-order valence-electron chi connectivity index (χ1n) is 6.27. The number of hydrogen-bond acceptors (Lipinski definition) is 3. The van der Waals surface area contributed by atoms with E-state index < -0.39 is 0 Å². The van der Waals surface area contributed by atoms with Gasteiger partial charge in [-0.15, -0.1) is 0 Å². The third-order valence-electron chi connectivity index (χ3n) is 2.58. The normalized spacial score (nSPS) is 11.6. The number of hydrogen-bond donors (Lipinski definition) is 1. The van der Waals surface area contributed by atoms with Gasteiger partial charge in [0.1, 0.15) is 5.41 Å². The number of rotatable bonds is 8. The van der Waals surface area contributed by atoms with Crippen molar-refractivity contribution in [1.29, 1.82) is 0 Å². The molecule has 0 saturated carbocycles. The van der Waals surface area contributed by atoms with Crippen LogP contribution in [0.1, 0.15) is 20.3 Å². The van der Waals surface area contributed by atoms with Gasteiger partial charge in [0.15, 0.2) is 0 Å². The van der Waals surface area contributed by atoms with Crippen LogP contribution in [0.4, 0.5) is 5.69 Å².